The van der Waals surface area contributed by atoms with Crippen LogP contribution in [0.1, 0.15) is 47.2 Å². The van der Waals surface area contributed by atoms with Crippen LogP contribution in [-0.4, -0.2) is 46.9 Å². The Labute approximate surface area is 219 Å². The van der Waals surface area contributed by atoms with Crippen LogP contribution in [0, 0.1) is 30.4 Å². The van der Waals surface area contributed by atoms with Crippen LogP contribution in [-0.2, 0) is 4.79 Å². The van der Waals surface area contributed by atoms with Crippen LogP contribution in [0.3, 0.4) is 0 Å². The van der Waals surface area contributed by atoms with Gasteiger partial charge in [0, 0.05) is 18.2 Å². The number of nitrogen functional groups attached to an aromatic ring is 1. The molecule has 0 bridgehead atoms. The lowest BCUT2D eigenvalue weighted by Gasteiger charge is -2.19. The molecular weight excluding hydrogens is 492 g/mol. The minimum Gasteiger partial charge on any atom is -0.486 e. The van der Waals surface area contributed by atoms with Gasteiger partial charge in [-0.1, -0.05) is 12.0 Å². The number of anilines is 1. The Morgan fingerprint density at radius 2 is 1.89 bits per heavy atom. The lowest BCUT2D eigenvalue weighted by atomic mass is 9.88. The van der Waals surface area contributed by atoms with E-state index >= 15 is 8.78 Å². The quantitative estimate of drug-likeness (QED) is 0.436. The van der Waals surface area contributed by atoms with Crippen LogP contribution in [0.5, 0.6) is 5.75 Å². The van der Waals surface area contributed by atoms with Crippen LogP contribution in [0.4, 0.5) is 14.6 Å². The average Bonchev–Trinajstić information content (AvgIpc) is 3.71. The van der Waals surface area contributed by atoms with Gasteiger partial charge in [-0.3, -0.25) is 9.59 Å². The molecule has 1 aliphatic carbocycles. The molecule has 4 N–H and O–H groups in total. The number of benzene rings is 2. The highest BCUT2D eigenvalue weighted by Gasteiger charge is 2.31. The summed E-state index contributed by atoms with van der Waals surface area (Å²) in [7, 11) is 1.58. The number of primary amides is 1. The van der Waals surface area contributed by atoms with Crippen LogP contribution in [0.25, 0.3) is 22.4 Å². The van der Waals surface area contributed by atoms with Crippen molar-refractivity contribution in [1.29, 1.82) is 0 Å². The standard InChI is InChI=1S/C28H27F2N5O3/c1-4-5-22(36)35(3)10-11-38-26-25(33-14-34-27(26)31)21-13-17(29)12-20(15(21)2)23-18(16-6-7-16)8-9-19(24(23)30)28(32)37/h8-9,12-14,16H,6-7,10-11H2,1-3H3,(H2,32,37)(H2,31,33,34). The maximum Gasteiger partial charge on any atom is 0.298 e. The first-order valence-electron chi connectivity index (χ1n) is 12.0. The molecule has 0 aliphatic heterocycles. The molecule has 0 unspecified atom stereocenters. The zero-order valence-electron chi connectivity index (χ0n) is 21.3. The molecule has 2 aromatic carbocycles. The number of halogens is 2. The largest absolute Gasteiger partial charge is 0.486 e. The highest BCUT2D eigenvalue weighted by molar-refractivity contribution is 5.96. The van der Waals surface area contributed by atoms with Gasteiger partial charge in [-0.15, -0.1) is 0 Å². The molecule has 0 spiro atoms. The van der Waals surface area contributed by atoms with Gasteiger partial charge in [0.25, 0.3) is 11.8 Å². The summed E-state index contributed by atoms with van der Waals surface area (Å²) in [5.74, 6) is 2.50. The van der Waals surface area contributed by atoms with Crippen molar-refractivity contribution in [2.75, 3.05) is 25.9 Å². The smallest absolute Gasteiger partial charge is 0.298 e. The van der Waals surface area contributed by atoms with Gasteiger partial charge in [0.2, 0.25) is 0 Å². The van der Waals surface area contributed by atoms with E-state index in [1.165, 1.54) is 29.4 Å². The number of nitrogens with zero attached hydrogens (tertiary/aromatic N) is 3. The molecule has 3 aromatic rings. The molecule has 8 nitrogen and oxygen atoms in total. The van der Waals surface area contributed by atoms with E-state index in [2.05, 4.69) is 21.8 Å². The summed E-state index contributed by atoms with van der Waals surface area (Å²) in [6.07, 6.45) is 2.95. The summed E-state index contributed by atoms with van der Waals surface area (Å²) < 4.78 is 36.6. The highest BCUT2D eigenvalue weighted by atomic mass is 19.1. The van der Waals surface area contributed by atoms with Crippen molar-refractivity contribution >= 4 is 17.6 Å². The first kappa shape index (κ1) is 26.5. The number of hydrogen-bond acceptors (Lipinski definition) is 6. The number of ether oxygens (including phenoxy) is 1. The third kappa shape index (κ3) is 5.27. The fourth-order valence-electron chi connectivity index (χ4n) is 4.28. The number of hydrogen-bond donors (Lipinski definition) is 2. The Hall–Kier alpha value is -4.52. The molecule has 196 valence electrons. The lowest BCUT2D eigenvalue weighted by molar-refractivity contribution is -0.124. The summed E-state index contributed by atoms with van der Waals surface area (Å²) in [6, 6.07) is 5.54. The number of carbonyl (C=O) groups excluding carboxylic acids is 2. The summed E-state index contributed by atoms with van der Waals surface area (Å²) >= 11 is 0. The SMILES string of the molecule is CC#CC(=O)N(C)CCOc1c(N)ncnc1-c1cc(F)cc(-c2c(C3CC3)ccc(C(N)=O)c2F)c1C. The molecule has 1 heterocycles. The molecule has 10 heteroatoms. The highest BCUT2D eigenvalue weighted by Crippen LogP contribution is 2.47. The predicted molar refractivity (Wildman–Crippen MR) is 139 cm³/mol. The number of amides is 2. The minimum absolute atomic E-state index is 0.0168. The van der Waals surface area contributed by atoms with Gasteiger partial charge in [-0.2, -0.15) is 0 Å². The second-order valence-electron chi connectivity index (χ2n) is 9.04. The molecule has 1 fully saturated rings. The normalized spacial score (nSPS) is 12.4. The van der Waals surface area contributed by atoms with Crippen LogP contribution >= 0.6 is 0 Å². The van der Waals surface area contributed by atoms with E-state index in [4.69, 9.17) is 16.2 Å². The van der Waals surface area contributed by atoms with Crippen molar-refractivity contribution in [2.24, 2.45) is 5.73 Å². The number of carbonyl (C=O) groups is 2. The van der Waals surface area contributed by atoms with Gasteiger partial charge >= 0.3 is 0 Å². The molecule has 1 aliphatic rings. The molecule has 4 rings (SSSR count). The molecule has 0 saturated heterocycles. The van der Waals surface area contributed by atoms with E-state index in [-0.39, 0.29) is 58.9 Å². The Bertz CT molecular complexity index is 1490. The number of nitrogens with two attached hydrogens (primary N) is 2. The van der Waals surface area contributed by atoms with Crippen molar-refractivity contribution in [2.45, 2.75) is 32.6 Å². The van der Waals surface area contributed by atoms with E-state index in [9.17, 15) is 9.59 Å². The molecule has 1 saturated carbocycles. The monoisotopic (exact) mass is 519 g/mol. The van der Waals surface area contributed by atoms with Gasteiger partial charge in [0.15, 0.2) is 11.6 Å². The topological polar surface area (TPSA) is 124 Å². The van der Waals surface area contributed by atoms with Crippen LogP contribution in [0.2, 0.25) is 0 Å². The van der Waals surface area contributed by atoms with Crippen LogP contribution in [0.15, 0.2) is 30.6 Å². The first-order valence-corrected chi connectivity index (χ1v) is 12.0. The first-order chi connectivity index (χ1) is 18.1. The third-order valence-electron chi connectivity index (χ3n) is 6.44. The van der Waals surface area contributed by atoms with Crippen molar-refractivity contribution in [3.63, 3.8) is 0 Å². The summed E-state index contributed by atoms with van der Waals surface area (Å²) in [4.78, 5) is 33.5. The van der Waals surface area contributed by atoms with E-state index in [1.54, 1.807) is 27.0 Å². The third-order valence-corrected chi connectivity index (χ3v) is 6.44. The lowest BCUT2D eigenvalue weighted by Crippen LogP contribution is -2.29. The summed E-state index contributed by atoms with van der Waals surface area (Å²) in [5.41, 5.74) is 13.3. The minimum atomic E-state index is -0.909. The number of aromatic nitrogens is 2. The number of likely N-dealkylation sites (N-methyl/N-ethyl adjacent to an activating group) is 1. The van der Waals surface area contributed by atoms with E-state index in [0.717, 1.165) is 12.8 Å². The summed E-state index contributed by atoms with van der Waals surface area (Å²) in [6.45, 7) is 3.51. The fraction of sp³-hybridized carbons (Fsp3) is 0.286. The van der Waals surface area contributed by atoms with E-state index < -0.39 is 17.5 Å². The maximum atomic E-state index is 15.7. The zero-order valence-corrected chi connectivity index (χ0v) is 21.3. The van der Waals surface area contributed by atoms with Crippen molar-refractivity contribution < 1.29 is 23.1 Å². The van der Waals surface area contributed by atoms with E-state index in [0.29, 0.717) is 16.7 Å². The van der Waals surface area contributed by atoms with Crippen molar-refractivity contribution in [1.82, 2.24) is 14.9 Å². The molecular formula is C28H27F2N5O3. The van der Waals surface area contributed by atoms with Crippen molar-refractivity contribution in [3.05, 3.63) is 58.9 Å². The Morgan fingerprint density at radius 1 is 1.18 bits per heavy atom. The van der Waals surface area contributed by atoms with Gasteiger partial charge in [-0.05, 0) is 73.4 Å². The molecule has 2 amide bonds. The van der Waals surface area contributed by atoms with Gasteiger partial charge in [0.1, 0.15) is 30.3 Å². The van der Waals surface area contributed by atoms with Gasteiger partial charge in [-0.25, -0.2) is 18.7 Å². The van der Waals surface area contributed by atoms with Crippen molar-refractivity contribution in [3.8, 4) is 40.0 Å². The Balaban J connectivity index is 1.79. The molecule has 0 atom stereocenters. The average molecular weight is 520 g/mol. The number of rotatable bonds is 8. The Morgan fingerprint density at radius 3 is 2.55 bits per heavy atom. The molecule has 38 heavy (non-hydrogen) atoms. The predicted octanol–water partition coefficient (Wildman–Crippen LogP) is 3.82. The van der Waals surface area contributed by atoms with Gasteiger partial charge in [0.05, 0.1) is 12.1 Å². The van der Waals surface area contributed by atoms with Crippen LogP contribution < -0.4 is 16.2 Å². The fourth-order valence-corrected chi connectivity index (χ4v) is 4.28. The van der Waals surface area contributed by atoms with E-state index in [1.807, 2.05) is 0 Å². The maximum absolute atomic E-state index is 15.7. The van der Waals surface area contributed by atoms with Gasteiger partial charge < -0.3 is 21.1 Å². The molecule has 1 aromatic heterocycles. The molecule has 0 radical (unpaired) electrons. The second-order valence-corrected chi connectivity index (χ2v) is 9.04. The zero-order chi connectivity index (χ0) is 27.6. The Kier molecular flexibility index (Phi) is 7.57. The summed E-state index contributed by atoms with van der Waals surface area (Å²) in [5, 5.41) is 0. The second kappa shape index (κ2) is 10.8.